The Balaban J connectivity index is 0.000000221. The lowest BCUT2D eigenvalue weighted by Gasteiger charge is -2.18. The van der Waals surface area contributed by atoms with Crippen LogP contribution in [0.2, 0.25) is 0 Å². The predicted octanol–water partition coefficient (Wildman–Crippen LogP) is 1.96. The van der Waals surface area contributed by atoms with E-state index in [0.29, 0.717) is 21.9 Å². The number of Topliss-reactive ketones (excluding diaryl/α,β-unsaturated/α-hetero) is 1. The maximum atomic E-state index is 11.6. The van der Waals surface area contributed by atoms with Gasteiger partial charge in [0.1, 0.15) is 11.5 Å². The number of rotatable bonds is 1. The van der Waals surface area contributed by atoms with Crippen molar-refractivity contribution in [2.24, 2.45) is 0 Å². The third-order valence-corrected chi connectivity index (χ3v) is 6.74. The van der Waals surface area contributed by atoms with E-state index in [1.165, 1.54) is 37.2 Å². The zero-order valence-electron chi connectivity index (χ0n) is 10.8. The smallest absolute Gasteiger partial charge is 0.485 e. The molecule has 0 aromatic carbocycles. The van der Waals surface area contributed by atoms with E-state index in [1.54, 1.807) is 0 Å². The van der Waals surface area contributed by atoms with Crippen LogP contribution in [0.5, 0.6) is 0 Å². The first-order valence-electron chi connectivity index (χ1n) is 6.34. The third kappa shape index (κ3) is 5.25. The van der Waals surface area contributed by atoms with Crippen molar-refractivity contribution in [2.75, 3.05) is 11.5 Å². The molecule has 1 saturated heterocycles. The molecule has 118 valence electrons. The number of ketones is 1. The van der Waals surface area contributed by atoms with Crippen LogP contribution in [0.1, 0.15) is 38.5 Å². The molecule has 2 rings (SSSR count). The molecule has 1 heterocycles. The fourth-order valence-electron chi connectivity index (χ4n) is 2.26. The van der Waals surface area contributed by atoms with Crippen LogP contribution in [-0.4, -0.2) is 41.0 Å². The summed E-state index contributed by atoms with van der Waals surface area (Å²) in [6.45, 7) is 0. The summed E-state index contributed by atoms with van der Waals surface area (Å²) >= 11 is 0. The zero-order valence-corrected chi connectivity index (χ0v) is 12.5. The summed E-state index contributed by atoms with van der Waals surface area (Å²) in [5.41, 5.74) is -5.65. The van der Waals surface area contributed by atoms with Gasteiger partial charge in [-0.15, -0.1) is 0 Å². The molecule has 2 aliphatic rings. The van der Waals surface area contributed by atoms with Crippen molar-refractivity contribution >= 4 is 26.8 Å². The molecule has 1 aliphatic heterocycles. The highest BCUT2D eigenvalue weighted by atomic mass is 32.2. The van der Waals surface area contributed by atoms with Crippen molar-refractivity contribution in [1.29, 1.82) is 0 Å². The third-order valence-electron chi connectivity index (χ3n) is 3.25. The molecule has 9 heteroatoms. The number of hydrogen-bond acceptors (Lipinski definition) is 4. The predicted molar refractivity (Wildman–Crippen MR) is 69.3 cm³/mol. The summed E-state index contributed by atoms with van der Waals surface area (Å²) in [5.74, 6) is 3.30. The first-order chi connectivity index (χ1) is 9.13. The second-order valence-corrected chi connectivity index (χ2v) is 8.59. The molecule has 1 atom stereocenters. The summed E-state index contributed by atoms with van der Waals surface area (Å²) in [5, 5.41) is 0.501. The van der Waals surface area contributed by atoms with E-state index in [0.717, 1.165) is 12.8 Å². The quantitative estimate of drug-likeness (QED) is 0.417. The van der Waals surface area contributed by atoms with Gasteiger partial charge in [0.25, 0.3) is 0 Å². The normalized spacial score (nSPS) is 25.2. The second kappa shape index (κ2) is 7.13. The van der Waals surface area contributed by atoms with E-state index in [9.17, 15) is 18.0 Å². The number of hydrogen-bond donors (Lipinski definition) is 0. The Morgan fingerprint density at radius 2 is 1.60 bits per heavy atom. The summed E-state index contributed by atoms with van der Waals surface area (Å²) in [6.07, 6.45) is 7.32. The Morgan fingerprint density at radius 3 is 2.00 bits per heavy atom. The van der Waals surface area contributed by atoms with Crippen molar-refractivity contribution < 1.29 is 30.9 Å². The lowest BCUT2D eigenvalue weighted by molar-refractivity contribution is -0.119. The lowest BCUT2D eigenvalue weighted by atomic mass is 9.99. The minimum Gasteiger partial charge on any atom is -0.741 e. The van der Waals surface area contributed by atoms with Gasteiger partial charge in [-0.25, -0.2) is 8.42 Å². The maximum absolute atomic E-state index is 11.6. The Morgan fingerprint density at radius 1 is 1.10 bits per heavy atom. The van der Waals surface area contributed by atoms with Crippen LogP contribution in [0.3, 0.4) is 0 Å². The maximum Gasteiger partial charge on any atom is 0.485 e. The number of halogens is 3. The van der Waals surface area contributed by atoms with E-state index in [2.05, 4.69) is 0 Å². The molecule has 0 radical (unpaired) electrons. The molecular weight excluding hydrogens is 317 g/mol. The minimum absolute atomic E-state index is 0.501. The van der Waals surface area contributed by atoms with Crippen LogP contribution in [0.15, 0.2) is 0 Å². The van der Waals surface area contributed by atoms with E-state index < -0.39 is 15.6 Å². The van der Waals surface area contributed by atoms with Gasteiger partial charge in [0.15, 0.2) is 21.2 Å². The Hall–Kier alpha value is -0.280. The standard InChI is InChI=1S/C10H17OS.CHF3O3S/c11-9-5-1-2-6-10(9)12-7-3-4-8-12;2-1(3,4)8(5,6)7/h10H,1-8H2;(H,5,6,7)/q+1;/p-1. The molecule has 0 aromatic rings. The average Bonchev–Trinajstić information content (AvgIpc) is 2.81. The highest BCUT2D eigenvalue weighted by Crippen LogP contribution is 2.27. The van der Waals surface area contributed by atoms with Crippen molar-refractivity contribution in [3.8, 4) is 0 Å². The SMILES string of the molecule is O=C1CCCCC1[S+]1CCCC1.O=S(=O)([O-])C(F)(F)F. The van der Waals surface area contributed by atoms with Gasteiger partial charge >= 0.3 is 5.51 Å². The van der Waals surface area contributed by atoms with Gasteiger partial charge < -0.3 is 4.55 Å². The summed E-state index contributed by atoms with van der Waals surface area (Å²) in [7, 11) is -5.58. The van der Waals surface area contributed by atoms with E-state index >= 15 is 0 Å². The Kier molecular flexibility index (Phi) is 6.33. The highest BCUT2D eigenvalue weighted by molar-refractivity contribution is 7.98. The van der Waals surface area contributed by atoms with E-state index in [-0.39, 0.29) is 0 Å². The number of carbonyl (C=O) groups is 1. The lowest BCUT2D eigenvalue weighted by Crippen LogP contribution is -2.34. The topological polar surface area (TPSA) is 74.3 Å². The zero-order chi connectivity index (χ0) is 15.4. The van der Waals surface area contributed by atoms with Crippen LogP contribution in [-0.2, 0) is 25.8 Å². The molecule has 1 aliphatic carbocycles. The highest BCUT2D eigenvalue weighted by Gasteiger charge is 2.39. The van der Waals surface area contributed by atoms with E-state index in [1.807, 2.05) is 0 Å². The first kappa shape index (κ1) is 17.8. The summed E-state index contributed by atoms with van der Waals surface area (Å²) in [6, 6.07) is 0. The molecule has 0 amide bonds. The van der Waals surface area contributed by atoms with Crippen molar-refractivity contribution in [3.63, 3.8) is 0 Å². The summed E-state index contributed by atoms with van der Waals surface area (Å²) in [4.78, 5) is 11.6. The minimum atomic E-state index is -6.09. The molecule has 4 nitrogen and oxygen atoms in total. The van der Waals surface area contributed by atoms with Crippen molar-refractivity contribution in [2.45, 2.75) is 49.3 Å². The molecule has 0 N–H and O–H groups in total. The van der Waals surface area contributed by atoms with Crippen LogP contribution in [0.4, 0.5) is 13.2 Å². The van der Waals surface area contributed by atoms with Gasteiger partial charge in [-0.1, -0.05) is 0 Å². The molecule has 1 unspecified atom stereocenters. The fourth-order valence-corrected chi connectivity index (χ4v) is 5.18. The monoisotopic (exact) mass is 334 g/mol. The van der Waals surface area contributed by atoms with Gasteiger partial charge in [0.05, 0.1) is 0 Å². The van der Waals surface area contributed by atoms with Gasteiger partial charge in [0.2, 0.25) is 0 Å². The van der Waals surface area contributed by atoms with Gasteiger partial charge in [0, 0.05) is 12.8 Å². The van der Waals surface area contributed by atoms with Crippen LogP contribution in [0.25, 0.3) is 0 Å². The summed E-state index contributed by atoms with van der Waals surface area (Å²) < 4.78 is 58.9. The van der Waals surface area contributed by atoms with Crippen molar-refractivity contribution in [3.05, 3.63) is 0 Å². The molecule has 2 fully saturated rings. The number of carbonyl (C=O) groups excluding carboxylic acids is 1. The second-order valence-electron chi connectivity index (χ2n) is 4.75. The average molecular weight is 334 g/mol. The molecule has 1 saturated carbocycles. The fraction of sp³-hybridized carbons (Fsp3) is 0.909. The molecule has 0 spiro atoms. The molecule has 0 bridgehead atoms. The Labute approximate surface area is 119 Å². The largest absolute Gasteiger partial charge is 0.741 e. The van der Waals surface area contributed by atoms with Crippen LogP contribution in [0, 0.1) is 0 Å². The van der Waals surface area contributed by atoms with E-state index in [4.69, 9.17) is 13.0 Å². The van der Waals surface area contributed by atoms with Crippen LogP contribution < -0.4 is 0 Å². The molecule has 20 heavy (non-hydrogen) atoms. The van der Waals surface area contributed by atoms with Crippen molar-refractivity contribution in [1.82, 2.24) is 0 Å². The van der Waals surface area contributed by atoms with Gasteiger partial charge in [-0.3, -0.25) is 4.79 Å². The number of alkyl halides is 3. The van der Waals surface area contributed by atoms with Crippen LogP contribution >= 0.6 is 0 Å². The molecule has 0 aromatic heterocycles. The van der Waals surface area contributed by atoms with Gasteiger partial charge in [-0.2, -0.15) is 13.2 Å². The first-order valence-corrected chi connectivity index (χ1v) is 9.37. The Bertz CT molecular complexity index is 427. The van der Waals surface area contributed by atoms with Gasteiger partial charge in [-0.05, 0) is 36.6 Å². The molecular formula is C11H17F3O4S2.